The molecular weight excluding hydrogens is 969 g/mol. The van der Waals surface area contributed by atoms with Crippen molar-refractivity contribution < 1.29 is 76.8 Å². The second kappa shape index (κ2) is 29.9. The molecule has 0 aliphatic rings. The number of rotatable bonds is 22. The Labute approximate surface area is 439 Å². The standard InChI is InChI=1S/C54H70N4O13.C2H4O2/c1-52(2,3)69-46(60)42(55-49(63)66-34-37-21-13-10-14-22-37)27-19-20-30-58-32-40(28-29-43(47(61)70-53(4,5)6)56-50(64)67-35-38-23-15-11-16-24-38)41(45(59)33-58)31-44(48(62)71-54(7,8)9)57-51(65)68-36-39-25-17-12-18-26-39;1-2(3)4/h10-18,21-26,32-33,42-44H,19-20,27-31,34-36H2,1-9H3,(H3-,55,56,57,59,63,64,65);1H3,(H,3,4)/t42-,43-,44-;/m0./s1. The van der Waals surface area contributed by atoms with Crippen molar-refractivity contribution in [2.45, 2.75) is 169 Å². The summed E-state index contributed by atoms with van der Waals surface area (Å²) in [6, 6.07) is 23.6. The van der Waals surface area contributed by atoms with E-state index in [4.69, 9.17) is 38.3 Å². The van der Waals surface area contributed by atoms with Gasteiger partial charge in [-0.2, -0.15) is 0 Å². The van der Waals surface area contributed by atoms with Gasteiger partial charge in [-0.1, -0.05) is 91.0 Å². The molecule has 75 heavy (non-hydrogen) atoms. The second-order valence-electron chi connectivity index (χ2n) is 20.5. The number of esters is 3. The molecule has 0 aliphatic heterocycles. The molecule has 3 atom stereocenters. The van der Waals surface area contributed by atoms with Crippen molar-refractivity contribution in [3.05, 3.63) is 131 Å². The van der Waals surface area contributed by atoms with Crippen LogP contribution in [0.2, 0.25) is 0 Å². The molecule has 19 heteroatoms. The van der Waals surface area contributed by atoms with Gasteiger partial charge in [-0.05, 0) is 112 Å². The molecule has 0 radical (unpaired) electrons. The van der Waals surface area contributed by atoms with Gasteiger partial charge in [-0.3, -0.25) is 0 Å². The number of aromatic hydroxyl groups is 1. The van der Waals surface area contributed by atoms with E-state index in [1.807, 2.05) is 42.5 Å². The molecule has 0 aliphatic carbocycles. The largest absolute Gasteiger partial charge is 0.550 e. The topological polar surface area (TPSA) is 258 Å². The van der Waals surface area contributed by atoms with Crippen LogP contribution in [-0.2, 0) is 86.8 Å². The first kappa shape index (κ1) is 61.6. The van der Waals surface area contributed by atoms with Gasteiger partial charge in [0.15, 0.2) is 11.9 Å². The van der Waals surface area contributed by atoms with Gasteiger partial charge < -0.3 is 59.4 Å². The maximum Gasteiger partial charge on any atom is 0.408 e. The minimum absolute atomic E-state index is 0.00598. The average Bonchev–Trinajstić information content (AvgIpc) is 3.31. The lowest BCUT2D eigenvalue weighted by molar-refractivity contribution is -0.698. The van der Waals surface area contributed by atoms with Crippen molar-refractivity contribution in [2.75, 3.05) is 0 Å². The van der Waals surface area contributed by atoms with Gasteiger partial charge in [-0.15, -0.1) is 0 Å². The Balaban J connectivity index is 0.00000357. The summed E-state index contributed by atoms with van der Waals surface area (Å²) in [6.45, 7) is 16.5. The zero-order valence-corrected chi connectivity index (χ0v) is 44.7. The molecule has 19 nitrogen and oxygen atoms in total. The molecule has 1 aromatic heterocycles. The van der Waals surface area contributed by atoms with Crippen molar-refractivity contribution in [3.63, 3.8) is 0 Å². The Morgan fingerprint density at radius 2 is 0.880 bits per heavy atom. The number of carboxylic acids is 1. The summed E-state index contributed by atoms with van der Waals surface area (Å²) in [7, 11) is 0. The molecule has 0 fully saturated rings. The van der Waals surface area contributed by atoms with E-state index in [-0.39, 0.29) is 56.8 Å². The lowest BCUT2D eigenvalue weighted by Gasteiger charge is -2.26. The van der Waals surface area contributed by atoms with Crippen LogP contribution in [-0.4, -0.2) is 82.2 Å². The number of unbranched alkanes of at least 4 members (excludes halogenated alkanes) is 1. The third kappa shape index (κ3) is 26.2. The predicted octanol–water partition coefficient (Wildman–Crippen LogP) is 6.99. The van der Waals surface area contributed by atoms with Crippen LogP contribution < -0.4 is 25.6 Å². The van der Waals surface area contributed by atoms with Crippen LogP contribution in [0, 0.1) is 0 Å². The van der Waals surface area contributed by atoms with Gasteiger partial charge in [0.1, 0.15) is 61.3 Å². The third-order valence-corrected chi connectivity index (χ3v) is 10.2. The highest BCUT2D eigenvalue weighted by Gasteiger charge is 2.33. The number of carbonyl (C=O) groups is 7. The highest BCUT2D eigenvalue weighted by Crippen LogP contribution is 2.25. The first-order valence-electron chi connectivity index (χ1n) is 24.7. The third-order valence-electron chi connectivity index (χ3n) is 10.2. The Morgan fingerprint density at radius 3 is 1.25 bits per heavy atom. The number of benzene rings is 3. The molecule has 3 amide bonds. The molecule has 0 unspecified atom stereocenters. The fourth-order valence-corrected chi connectivity index (χ4v) is 6.97. The van der Waals surface area contributed by atoms with Crippen LogP contribution in [0.4, 0.5) is 14.4 Å². The zero-order chi connectivity index (χ0) is 55.8. The number of amides is 3. The van der Waals surface area contributed by atoms with Gasteiger partial charge in [0.2, 0.25) is 6.20 Å². The summed E-state index contributed by atoms with van der Waals surface area (Å²) >= 11 is 0. The summed E-state index contributed by atoms with van der Waals surface area (Å²) in [6.07, 6.45) is 1.47. The molecule has 4 aromatic rings. The number of aliphatic carboxylic acids is 1. The summed E-state index contributed by atoms with van der Waals surface area (Å²) in [4.78, 5) is 88.9. The number of nitrogens with one attached hydrogen (secondary N) is 3. The number of alkyl carbamates (subject to hydrolysis) is 3. The van der Waals surface area contributed by atoms with Crippen molar-refractivity contribution in [2.24, 2.45) is 0 Å². The molecular formula is C56H74N4O15. The quantitative estimate of drug-likeness (QED) is 0.0268. The molecule has 4 N–H and O–H groups in total. The van der Waals surface area contributed by atoms with E-state index < -0.39 is 77.1 Å². The number of aromatic nitrogens is 1. The van der Waals surface area contributed by atoms with E-state index in [9.17, 15) is 33.9 Å². The minimum Gasteiger partial charge on any atom is -0.550 e. The van der Waals surface area contributed by atoms with Gasteiger partial charge in [0, 0.05) is 29.9 Å². The lowest BCUT2D eigenvalue weighted by Crippen LogP contribution is -2.46. The number of carbonyl (C=O) groups excluding carboxylic acids is 7. The SMILES string of the molecule is CC(=O)[O-].CC(C)(C)OC(=O)[C@H](CCCC[n+]1cc(O)c(C[C@H](NC(=O)OCc2ccccc2)C(=O)OC(C)(C)C)c(CC[C@H](NC(=O)OCc2ccccc2)C(=O)OC(C)(C)C)c1)NC(=O)OCc1ccccc1. The molecule has 408 valence electrons. The number of carboxylic acid groups (broad SMARTS) is 1. The Hall–Kier alpha value is -7.70. The molecule has 0 saturated carbocycles. The molecule has 3 aromatic carbocycles. The van der Waals surface area contributed by atoms with E-state index in [1.54, 1.807) is 122 Å². The van der Waals surface area contributed by atoms with E-state index in [1.165, 1.54) is 6.20 Å². The highest BCUT2D eigenvalue weighted by molar-refractivity contribution is 5.83. The Kier molecular flexibility index (Phi) is 24.5. The number of aryl methyl sites for hydroxylation is 2. The summed E-state index contributed by atoms with van der Waals surface area (Å²) in [5.74, 6) is -3.47. The minimum atomic E-state index is -1.34. The van der Waals surface area contributed by atoms with Crippen molar-refractivity contribution in [1.29, 1.82) is 0 Å². The molecule has 4 rings (SSSR count). The normalized spacial score (nSPS) is 12.5. The van der Waals surface area contributed by atoms with E-state index in [2.05, 4.69) is 16.0 Å². The fraction of sp³-hybridized carbons (Fsp3) is 0.464. The molecule has 0 bridgehead atoms. The van der Waals surface area contributed by atoms with Crippen LogP contribution in [0.3, 0.4) is 0 Å². The number of hydrogen-bond donors (Lipinski definition) is 4. The second-order valence-corrected chi connectivity index (χ2v) is 20.5. The summed E-state index contributed by atoms with van der Waals surface area (Å²) in [5.41, 5.74) is 0.261. The number of ether oxygens (including phenoxy) is 6. The average molecular weight is 1040 g/mol. The van der Waals surface area contributed by atoms with Crippen LogP contribution in [0.5, 0.6) is 5.75 Å². The van der Waals surface area contributed by atoms with Crippen molar-refractivity contribution in [3.8, 4) is 5.75 Å². The predicted molar refractivity (Wildman–Crippen MR) is 273 cm³/mol. The Bertz CT molecular complexity index is 2460. The smallest absolute Gasteiger partial charge is 0.408 e. The van der Waals surface area contributed by atoms with E-state index in [0.29, 0.717) is 24.9 Å². The lowest BCUT2D eigenvalue weighted by atomic mass is 9.96. The fourth-order valence-electron chi connectivity index (χ4n) is 6.97. The zero-order valence-electron chi connectivity index (χ0n) is 44.7. The van der Waals surface area contributed by atoms with Crippen LogP contribution in [0.15, 0.2) is 103 Å². The van der Waals surface area contributed by atoms with Crippen LogP contribution in [0.1, 0.15) is 123 Å². The van der Waals surface area contributed by atoms with Gasteiger partial charge >= 0.3 is 36.2 Å². The van der Waals surface area contributed by atoms with Crippen LogP contribution in [0.25, 0.3) is 0 Å². The highest BCUT2D eigenvalue weighted by atomic mass is 16.6. The number of hydrogen-bond acceptors (Lipinski definition) is 15. The Morgan fingerprint density at radius 1 is 0.533 bits per heavy atom. The first-order chi connectivity index (χ1) is 35.2. The molecule has 1 heterocycles. The van der Waals surface area contributed by atoms with Gasteiger partial charge in [0.25, 0.3) is 0 Å². The summed E-state index contributed by atoms with van der Waals surface area (Å²) < 4.78 is 35.1. The van der Waals surface area contributed by atoms with Crippen molar-refractivity contribution in [1.82, 2.24) is 16.0 Å². The van der Waals surface area contributed by atoms with Gasteiger partial charge in [-0.25, -0.2) is 33.3 Å². The van der Waals surface area contributed by atoms with Crippen molar-refractivity contribution >= 4 is 42.2 Å². The van der Waals surface area contributed by atoms with E-state index >= 15 is 0 Å². The number of nitrogens with zero attached hydrogens (tertiary/aromatic N) is 1. The van der Waals surface area contributed by atoms with Crippen LogP contribution >= 0.6 is 0 Å². The van der Waals surface area contributed by atoms with Gasteiger partial charge in [0.05, 0.1) is 0 Å². The molecule has 0 saturated heterocycles. The van der Waals surface area contributed by atoms with E-state index in [0.717, 1.165) is 23.6 Å². The number of pyridine rings is 1. The maximum absolute atomic E-state index is 13.8. The summed E-state index contributed by atoms with van der Waals surface area (Å²) in [5, 5.41) is 28.6. The molecule has 0 spiro atoms. The monoisotopic (exact) mass is 1040 g/mol. The first-order valence-corrected chi connectivity index (χ1v) is 24.7. The maximum atomic E-state index is 13.8.